The third-order valence-electron chi connectivity index (χ3n) is 5.23. The molecule has 0 radical (unpaired) electrons. The molecule has 0 aliphatic heterocycles. The van der Waals surface area contributed by atoms with Gasteiger partial charge in [-0.1, -0.05) is 47.0 Å². The number of rotatable bonds is 3. The zero-order valence-corrected chi connectivity index (χ0v) is 10.7. The van der Waals surface area contributed by atoms with Gasteiger partial charge in [-0.15, -0.1) is 0 Å². The van der Waals surface area contributed by atoms with Crippen molar-refractivity contribution in [3.05, 3.63) is 0 Å². The molecular weight excluding hydrogens is 184 g/mol. The highest BCUT2D eigenvalue weighted by Crippen LogP contribution is 2.65. The maximum atomic E-state index is 10.3. The molecule has 0 spiro atoms. The molecule has 0 amide bonds. The van der Waals surface area contributed by atoms with Crippen LogP contribution in [0.2, 0.25) is 0 Å². The van der Waals surface area contributed by atoms with Crippen molar-refractivity contribution in [2.24, 2.45) is 22.7 Å². The van der Waals surface area contributed by atoms with Gasteiger partial charge in [0.1, 0.15) is 0 Å². The Kier molecular flexibility index (Phi) is 2.65. The molecule has 0 aromatic rings. The van der Waals surface area contributed by atoms with Crippen molar-refractivity contribution in [3.63, 3.8) is 0 Å². The molecule has 0 aromatic heterocycles. The van der Waals surface area contributed by atoms with E-state index in [0.717, 1.165) is 11.8 Å². The summed E-state index contributed by atoms with van der Waals surface area (Å²) in [6, 6.07) is 0. The zero-order valence-electron chi connectivity index (χ0n) is 10.7. The van der Waals surface area contributed by atoms with Crippen molar-refractivity contribution in [2.75, 3.05) is 0 Å². The highest BCUT2D eigenvalue weighted by molar-refractivity contribution is 5.11. The number of hydrogen-bond donors (Lipinski definition) is 1. The minimum atomic E-state index is -0.0760. The molecule has 88 valence electrons. The van der Waals surface area contributed by atoms with Crippen LogP contribution in [0.5, 0.6) is 0 Å². The first-order valence-corrected chi connectivity index (χ1v) is 6.60. The predicted octanol–water partition coefficient (Wildman–Crippen LogP) is 3.61. The summed E-state index contributed by atoms with van der Waals surface area (Å²) in [6.07, 6.45) is 6.50. The Morgan fingerprint density at radius 3 is 2.33 bits per heavy atom. The molecule has 2 saturated carbocycles. The zero-order chi connectivity index (χ0) is 11.3. The van der Waals surface area contributed by atoms with Gasteiger partial charge in [0.15, 0.2) is 0 Å². The topological polar surface area (TPSA) is 20.2 Å². The van der Waals surface area contributed by atoms with E-state index in [4.69, 9.17) is 0 Å². The molecule has 2 bridgehead atoms. The highest BCUT2D eigenvalue weighted by Gasteiger charge is 2.62. The van der Waals surface area contributed by atoms with Crippen molar-refractivity contribution >= 4 is 0 Å². The third kappa shape index (κ3) is 1.54. The first kappa shape index (κ1) is 11.4. The second kappa shape index (κ2) is 3.48. The Bertz CT molecular complexity index is 241. The van der Waals surface area contributed by atoms with Gasteiger partial charge in [-0.05, 0) is 35.5 Å². The standard InChI is InChI=1S/C14H26O/c1-5-6-7-10-8-14(4)9-11(10)13(2,3)12(14)15/h10-12,15H,5-9H2,1-4H3/t10?,11-,12+,14+/m0/s1. The molecule has 1 N–H and O–H groups in total. The van der Waals surface area contributed by atoms with Gasteiger partial charge >= 0.3 is 0 Å². The van der Waals surface area contributed by atoms with Crippen LogP contribution in [-0.4, -0.2) is 11.2 Å². The number of aliphatic hydroxyl groups excluding tert-OH is 1. The minimum Gasteiger partial charge on any atom is -0.392 e. The molecule has 2 aliphatic rings. The van der Waals surface area contributed by atoms with Crippen molar-refractivity contribution in [3.8, 4) is 0 Å². The monoisotopic (exact) mass is 210 g/mol. The van der Waals surface area contributed by atoms with Crippen LogP contribution in [0, 0.1) is 22.7 Å². The van der Waals surface area contributed by atoms with E-state index in [1.807, 2.05) is 0 Å². The maximum absolute atomic E-state index is 10.3. The molecule has 1 nitrogen and oxygen atoms in total. The second-order valence-electron chi connectivity index (χ2n) is 6.79. The van der Waals surface area contributed by atoms with Gasteiger partial charge < -0.3 is 5.11 Å². The number of hydrogen-bond acceptors (Lipinski definition) is 1. The van der Waals surface area contributed by atoms with Gasteiger partial charge in [-0.3, -0.25) is 0 Å². The first-order valence-electron chi connectivity index (χ1n) is 6.60. The average molecular weight is 210 g/mol. The highest BCUT2D eigenvalue weighted by atomic mass is 16.3. The van der Waals surface area contributed by atoms with Gasteiger partial charge in [0.05, 0.1) is 6.10 Å². The van der Waals surface area contributed by atoms with E-state index in [1.165, 1.54) is 32.1 Å². The van der Waals surface area contributed by atoms with Crippen LogP contribution in [0.25, 0.3) is 0 Å². The molecular formula is C14H26O. The maximum Gasteiger partial charge on any atom is 0.0647 e. The van der Waals surface area contributed by atoms with Crippen LogP contribution in [0.3, 0.4) is 0 Å². The summed E-state index contributed by atoms with van der Waals surface area (Å²) in [7, 11) is 0. The Morgan fingerprint density at radius 1 is 1.20 bits per heavy atom. The molecule has 2 rings (SSSR count). The quantitative estimate of drug-likeness (QED) is 0.754. The molecule has 0 heterocycles. The molecule has 2 fully saturated rings. The SMILES string of the molecule is CCCCC1C[C@]2(C)C[C@@H]1C(C)(C)[C@H]2O. The lowest BCUT2D eigenvalue weighted by molar-refractivity contribution is -0.0546. The molecule has 15 heavy (non-hydrogen) atoms. The van der Waals surface area contributed by atoms with E-state index in [1.54, 1.807) is 0 Å². The van der Waals surface area contributed by atoms with Crippen LogP contribution in [-0.2, 0) is 0 Å². The van der Waals surface area contributed by atoms with Crippen LogP contribution < -0.4 is 0 Å². The summed E-state index contributed by atoms with van der Waals surface area (Å²) in [5.74, 6) is 1.65. The second-order valence-corrected chi connectivity index (χ2v) is 6.79. The Hall–Kier alpha value is -0.0400. The minimum absolute atomic E-state index is 0.0760. The van der Waals surface area contributed by atoms with Gasteiger partial charge in [-0.2, -0.15) is 0 Å². The van der Waals surface area contributed by atoms with Crippen molar-refractivity contribution in [1.29, 1.82) is 0 Å². The molecule has 0 aromatic carbocycles. The Balaban J connectivity index is 2.11. The molecule has 4 atom stereocenters. The molecule has 0 saturated heterocycles. The molecule has 1 unspecified atom stereocenters. The van der Waals surface area contributed by atoms with Crippen molar-refractivity contribution in [2.45, 2.75) is 65.9 Å². The predicted molar refractivity (Wildman–Crippen MR) is 63.6 cm³/mol. The average Bonchev–Trinajstić information content (AvgIpc) is 2.59. The summed E-state index contributed by atoms with van der Waals surface area (Å²) in [5, 5.41) is 10.3. The third-order valence-corrected chi connectivity index (χ3v) is 5.23. The lowest BCUT2D eigenvalue weighted by Crippen LogP contribution is -2.43. The van der Waals surface area contributed by atoms with E-state index in [2.05, 4.69) is 27.7 Å². The van der Waals surface area contributed by atoms with E-state index in [-0.39, 0.29) is 16.9 Å². The molecule has 2 aliphatic carbocycles. The lowest BCUT2D eigenvalue weighted by atomic mass is 9.65. The summed E-state index contributed by atoms with van der Waals surface area (Å²) in [6.45, 7) is 9.11. The Labute approximate surface area is 94.3 Å². The van der Waals surface area contributed by atoms with Gasteiger partial charge in [-0.25, -0.2) is 0 Å². The lowest BCUT2D eigenvalue weighted by Gasteiger charge is -2.43. The van der Waals surface area contributed by atoms with E-state index >= 15 is 0 Å². The van der Waals surface area contributed by atoms with Crippen LogP contribution in [0.4, 0.5) is 0 Å². The fraction of sp³-hybridized carbons (Fsp3) is 1.00. The molecule has 1 heteroatoms. The van der Waals surface area contributed by atoms with Crippen LogP contribution in [0.1, 0.15) is 59.8 Å². The van der Waals surface area contributed by atoms with E-state index < -0.39 is 0 Å². The smallest absolute Gasteiger partial charge is 0.0647 e. The normalized spacial score (nSPS) is 47.4. The summed E-state index contributed by atoms with van der Waals surface area (Å²) in [4.78, 5) is 0. The van der Waals surface area contributed by atoms with E-state index in [0.29, 0.717) is 0 Å². The summed E-state index contributed by atoms with van der Waals surface area (Å²) in [5.41, 5.74) is 0.387. The Morgan fingerprint density at radius 2 is 1.87 bits per heavy atom. The van der Waals surface area contributed by atoms with Crippen molar-refractivity contribution < 1.29 is 5.11 Å². The van der Waals surface area contributed by atoms with Gasteiger partial charge in [0.25, 0.3) is 0 Å². The van der Waals surface area contributed by atoms with Gasteiger partial charge in [0.2, 0.25) is 0 Å². The van der Waals surface area contributed by atoms with Gasteiger partial charge in [0, 0.05) is 0 Å². The fourth-order valence-corrected chi connectivity index (χ4v) is 4.46. The largest absolute Gasteiger partial charge is 0.392 e. The summed E-state index contributed by atoms with van der Waals surface area (Å²) < 4.78 is 0. The first-order chi connectivity index (χ1) is 6.92. The summed E-state index contributed by atoms with van der Waals surface area (Å²) >= 11 is 0. The van der Waals surface area contributed by atoms with Crippen LogP contribution in [0.15, 0.2) is 0 Å². The van der Waals surface area contributed by atoms with E-state index in [9.17, 15) is 5.11 Å². The van der Waals surface area contributed by atoms with Crippen LogP contribution >= 0.6 is 0 Å². The fourth-order valence-electron chi connectivity index (χ4n) is 4.46. The number of fused-ring (bicyclic) bond motifs is 2. The number of aliphatic hydroxyl groups is 1. The number of unbranched alkanes of at least 4 members (excludes halogenated alkanes) is 1. The van der Waals surface area contributed by atoms with Crippen molar-refractivity contribution in [1.82, 2.24) is 0 Å².